The third-order valence-corrected chi connectivity index (χ3v) is 2.02. The number of aliphatic hydroxyl groups excluding tert-OH is 1. The van der Waals surface area contributed by atoms with Crippen molar-refractivity contribution in [2.75, 3.05) is 24.3 Å². The van der Waals surface area contributed by atoms with Gasteiger partial charge in [-0.3, -0.25) is 0 Å². The molecule has 0 aromatic heterocycles. The van der Waals surface area contributed by atoms with Crippen LogP contribution in [0.5, 0.6) is 5.75 Å². The van der Waals surface area contributed by atoms with Gasteiger partial charge >= 0.3 is 0 Å². The van der Waals surface area contributed by atoms with Crippen molar-refractivity contribution in [2.45, 2.75) is 6.04 Å². The number of hydrogen-bond donors (Lipinski definition) is 3. The lowest BCUT2D eigenvalue weighted by molar-refractivity contribution is 0.207. The molecule has 1 aliphatic rings. The highest BCUT2D eigenvalue weighted by Crippen LogP contribution is 2.30. The van der Waals surface area contributed by atoms with E-state index in [-0.39, 0.29) is 12.6 Å². The zero-order chi connectivity index (χ0) is 9.26. The van der Waals surface area contributed by atoms with Crippen molar-refractivity contribution in [1.82, 2.24) is 0 Å². The number of ether oxygens (including phenoxy) is 1. The molecule has 0 saturated heterocycles. The zero-order valence-corrected chi connectivity index (χ0v) is 7.16. The molecule has 1 aromatic rings. The topological polar surface area (TPSA) is 67.5 Å². The minimum absolute atomic E-state index is 0.0331. The van der Waals surface area contributed by atoms with Crippen molar-refractivity contribution in [3.8, 4) is 5.75 Å². The summed E-state index contributed by atoms with van der Waals surface area (Å²) in [6.07, 6.45) is 0. The monoisotopic (exact) mass is 180 g/mol. The van der Waals surface area contributed by atoms with E-state index in [0.29, 0.717) is 12.3 Å². The molecule has 0 bridgehead atoms. The largest absolute Gasteiger partial charge is 0.489 e. The summed E-state index contributed by atoms with van der Waals surface area (Å²) < 4.78 is 5.40. The summed E-state index contributed by atoms with van der Waals surface area (Å²) in [6, 6.07) is 5.39. The number of rotatable bonds is 1. The van der Waals surface area contributed by atoms with Crippen LogP contribution in [0.15, 0.2) is 18.2 Å². The molecule has 1 heterocycles. The minimum Gasteiger partial charge on any atom is -0.489 e. The van der Waals surface area contributed by atoms with Crippen LogP contribution in [-0.4, -0.2) is 24.4 Å². The second-order valence-corrected chi connectivity index (χ2v) is 3.09. The van der Waals surface area contributed by atoms with Crippen LogP contribution >= 0.6 is 0 Å². The fraction of sp³-hybridized carbons (Fsp3) is 0.333. The van der Waals surface area contributed by atoms with Gasteiger partial charge in [0.05, 0.1) is 18.3 Å². The summed E-state index contributed by atoms with van der Waals surface area (Å²) in [5.41, 5.74) is 7.15. The van der Waals surface area contributed by atoms with Gasteiger partial charge in [-0.05, 0) is 18.2 Å². The molecule has 4 nitrogen and oxygen atoms in total. The summed E-state index contributed by atoms with van der Waals surface area (Å²) in [5, 5.41) is 12.0. The smallest absolute Gasteiger partial charge is 0.142 e. The number of nitrogens with one attached hydrogen (secondary N) is 1. The third-order valence-electron chi connectivity index (χ3n) is 2.02. The summed E-state index contributed by atoms with van der Waals surface area (Å²) >= 11 is 0. The van der Waals surface area contributed by atoms with Gasteiger partial charge in [-0.25, -0.2) is 0 Å². The molecule has 0 amide bonds. The fourth-order valence-corrected chi connectivity index (χ4v) is 1.34. The minimum atomic E-state index is -0.0331. The molecule has 1 atom stereocenters. The Morgan fingerprint density at radius 3 is 3.23 bits per heavy atom. The van der Waals surface area contributed by atoms with E-state index in [1.165, 1.54) is 0 Å². The van der Waals surface area contributed by atoms with Crippen molar-refractivity contribution < 1.29 is 9.84 Å². The van der Waals surface area contributed by atoms with Crippen LogP contribution in [0, 0.1) is 0 Å². The molecule has 0 spiro atoms. The van der Waals surface area contributed by atoms with Crippen LogP contribution in [-0.2, 0) is 0 Å². The molecule has 70 valence electrons. The Kier molecular flexibility index (Phi) is 1.98. The molecular weight excluding hydrogens is 168 g/mol. The Balaban J connectivity index is 2.27. The van der Waals surface area contributed by atoms with Crippen molar-refractivity contribution in [3.05, 3.63) is 18.2 Å². The zero-order valence-electron chi connectivity index (χ0n) is 7.16. The van der Waals surface area contributed by atoms with Crippen LogP contribution in [0.4, 0.5) is 11.4 Å². The highest BCUT2D eigenvalue weighted by molar-refractivity contribution is 5.64. The van der Waals surface area contributed by atoms with E-state index in [4.69, 9.17) is 15.6 Å². The second kappa shape index (κ2) is 3.14. The number of hydrogen-bond acceptors (Lipinski definition) is 4. The van der Waals surface area contributed by atoms with Gasteiger partial charge in [0.15, 0.2) is 0 Å². The first-order chi connectivity index (χ1) is 6.29. The first-order valence-electron chi connectivity index (χ1n) is 4.19. The molecule has 4 N–H and O–H groups in total. The highest BCUT2D eigenvalue weighted by atomic mass is 16.5. The van der Waals surface area contributed by atoms with Crippen LogP contribution in [0.1, 0.15) is 0 Å². The van der Waals surface area contributed by atoms with Gasteiger partial charge < -0.3 is 20.9 Å². The molecule has 13 heavy (non-hydrogen) atoms. The van der Waals surface area contributed by atoms with Gasteiger partial charge in [-0.1, -0.05) is 0 Å². The van der Waals surface area contributed by atoms with Gasteiger partial charge in [0.2, 0.25) is 0 Å². The first kappa shape index (κ1) is 8.19. The highest BCUT2D eigenvalue weighted by Gasteiger charge is 2.17. The molecule has 1 aromatic carbocycles. The number of nitrogens with two attached hydrogens (primary N) is 1. The number of nitrogen functional groups attached to an aromatic ring is 1. The average Bonchev–Trinajstić information content (AvgIpc) is 2.16. The third kappa shape index (κ3) is 1.53. The lowest BCUT2D eigenvalue weighted by atomic mass is 10.2. The molecule has 0 unspecified atom stereocenters. The quantitative estimate of drug-likeness (QED) is 0.548. The van der Waals surface area contributed by atoms with Crippen LogP contribution in [0.3, 0.4) is 0 Å². The standard InChI is InChI=1S/C9H12N2O2/c10-6-1-2-9-8(3-6)11-7(4-12)5-13-9/h1-3,7,11-12H,4-5,10H2/t7-/m0/s1. The summed E-state index contributed by atoms with van der Waals surface area (Å²) in [7, 11) is 0. The van der Waals surface area contributed by atoms with Gasteiger partial charge in [0.1, 0.15) is 12.4 Å². The van der Waals surface area contributed by atoms with Gasteiger partial charge in [-0.2, -0.15) is 0 Å². The van der Waals surface area contributed by atoms with E-state index < -0.39 is 0 Å². The Morgan fingerprint density at radius 2 is 2.46 bits per heavy atom. The second-order valence-electron chi connectivity index (χ2n) is 3.09. The molecule has 0 saturated carbocycles. The lowest BCUT2D eigenvalue weighted by Crippen LogP contribution is -2.34. The van der Waals surface area contributed by atoms with E-state index in [1.54, 1.807) is 12.1 Å². The summed E-state index contributed by atoms with van der Waals surface area (Å²) in [6.45, 7) is 0.557. The summed E-state index contributed by atoms with van der Waals surface area (Å²) in [5.74, 6) is 0.791. The maximum absolute atomic E-state index is 8.91. The van der Waals surface area contributed by atoms with Crippen LogP contribution in [0.2, 0.25) is 0 Å². The molecule has 4 heteroatoms. The number of anilines is 2. The van der Waals surface area contributed by atoms with Crippen molar-refractivity contribution in [3.63, 3.8) is 0 Å². The number of fused-ring (bicyclic) bond motifs is 1. The first-order valence-corrected chi connectivity index (χ1v) is 4.19. The number of benzene rings is 1. The molecule has 0 fully saturated rings. The Bertz CT molecular complexity index is 314. The van der Waals surface area contributed by atoms with Crippen LogP contribution < -0.4 is 15.8 Å². The van der Waals surface area contributed by atoms with E-state index >= 15 is 0 Å². The predicted molar refractivity (Wildman–Crippen MR) is 50.8 cm³/mol. The average molecular weight is 180 g/mol. The molecular formula is C9H12N2O2. The molecule has 1 aliphatic heterocycles. The Labute approximate surface area is 76.3 Å². The van der Waals surface area contributed by atoms with Crippen molar-refractivity contribution >= 4 is 11.4 Å². The van der Waals surface area contributed by atoms with E-state index in [1.807, 2.05) is 6.07 Å². The fourth-order valence-electron chi connectivity index (χ4n) is 1.34. The SMILES string of the molecule is Nc1ccc2c(c1)N[C@@H](CO)CO2. The van der Waals surface area contributed by atoms with E-state index in [0.717, 1.165) is 11.4 Å². The molecule has 0 aliphatic carbocycles. The van der Waals surface area contributed by atoms with Crippen molar-refractivity contribution in [2.24, 2.45) is 0 Å². The number of aliphatic hydroxyl groups is 1. The van der Waals surface area contributed by atoms with Crippen LogP contribution in [0.25, 0.3) is 0 Å². The normalized spacial score (nSPS) is 19.9. The van der Waals surface area contributed by atoms with Crippen molar-refractivity contribution in [1.29, 1.82) is 0 Å². The Morgan fingerprint density at radius 1 is 1.62 bits per heavy atom. The predicted octanol–water partition coefficient (Wildman–Crippen LogP) is 0.434. The van der Waals surface area contributed by atoms with Gasteiger partial charge in [0, 0.05) is 5.69 Å². The maximum atomic E-state index is 8.91. The van der Waals surface area contributed by atoms with Gasteiger partial charge in [0.25, 0.3) is 0 Å². The van der Waals surface area contributed by atoms with E-state index in [9.17, 15) is 0 Å². The Hall–Kier alpha value is -1.42. The summed E-state index contributed by atoms with van der Waals surface area (Å²) in [4.78, 5) is 0. The molecule has 2 rings (SSSR count). The maximum Gasteiger partial charge on any atom is 0.142 e. The van der Waals surface area contributed by atoms with E-state index in [2.05, 4.69) is 5.32 Å². The lowest BCUT2D eigenvalue weighted by Gasteiger charge is -2.26. The molecule has 0 radical (unpaired) electrons. The van der Waals surface area contributed by atoms with Gasteiger partial charge in [-0.15, -0.1) is 0 Å².